The van der Waals surface area contributed by atoms with Crippen molar-refractivity contribution in [1.29, 1.82) is 0 Å². The third kappa shape index (κ3) is 19.5. The molecule has 0 saturated carbocycles. The monoisotopic (exact) mass is 1080 g/mol. The van der Waals surface area contributed by atoms with Gasteiger partial charge in [-0.25, -0.2) is 9.37 Å². The number of nitrogens with zero attached hydrogens (tertiary/aromatic N) is 3. The quantitative estimate of drug-likeness (QED) is 0.0265. The summed E-state index contributed by atoms with van der Waals surface area (Å²) in [4.78, 5) is 143. The van der Waals surface area contributed by atoms with Crippen LogP contribution in [-0.4, -0.2) is 142 Å². The van der Waals surface area contributed by atoms with E-state index in [0.29, 0.717) is 16.8 Å². The lowest BCUT2D eigenvalue weighted by Gasteiger charge is -2.28. The van der Waals surface area contributed by atoms with E-state index in [1.807, 2.05) is 6.07 Å². The molecule has 0 radical (unpaired) electrons. The van der Waals surface area contributed by atoms with Crippen LogP contribution in [0.1, 0.15) is 75.1 Å². The third-order valence-corrected chi connectivity index (χ3v) is 12.5. The van der Waals surface area contributed by atoms with E-state index in [1.165, 1.54) is 31.6 Å². The molecule has 9 amide bonds. The van der Waals surface area contributed by atoms with Crippen LogP contribution >= 0.6 is 0 Å². The summed E-state index contributed by atoms with van der Waals surface area (Å²) >= 11 is 0. The summed E-state index contributed by atoms with van der Waals surface area (Å²) in [6.07, 6.45) is 3.33. The lowest BCUT2D eigenvalue weighted by Crippen LogP contribution is -2.60. The van der Waals surface area contributed by atoms with Crippen LogP contribution in [0.2, 0.25) is 0 Å². The van der Waals surface area contributed by atoms with Crippen molar-refractivity contribution in [2.45, 2.75) is 120 Å². The number of aliphatic imine (C=N–C) groups is 2. The summed E-state index contributed by atoms with van der Waals surface area (Å²) in [5, 5.41) is 22.0. The van der Waals surface area contributed by atoms with Gasteiger partial charge in [-0.3, -0.25) is 53.1 Å². The van der Waals surface area contributed by atoms with Gasteiger partial charge in [-0.15, -0.1) is 0 Å². The first-order chi connectivity index (χ1) is 37.3. The van der Waals surface area contributed by atoms with Gasteiger partial charge in [-0.05, 0) is 74.3 Å². The Balaban J connectivity index is 1.55. The first kappa shape index (κ1) is 59.8. The Labute approximate surface area is 447 Å². The zero-order valence-electron chi connectivity index (χ0n) is 43.1. The number of aromatic nitrogens is 3. The Hall–Kier alpha value is -9.11. The third-order valence-electron chi connectivity index (χ3n) is 12.5. The molecule has 0 spiro atoms. The molecule has 2 aromatic carbocycles. The molecule has 1 aliphatic heterocycles. The van der Waals surface area contributed by atoms with Crippen molar-refractivity contribution in [3.63, 3.8) is 0 Å². The van der Waals surface area contributed by atoms with Gasteiger partial charge in [0.15, 0.2) is 11.9 Å². The molecule has 1 fully saturated rings. The number of halogens is 1. The molecule has 5 rings (SSSR count). The first-order valence-corrected chi connectivity index (χ1v) is 25.3. The van der Waals surface area contributed by atoms with Crippen LogP contribution in [0.15, 0.2) is 77.2 Å². The molecule has 7 atom stereocenters. The Morgan fingerprint density at radius 2 is 1.35 bits per heavy atom. The number of para-hydroxylation sites is 1. The molecule has 2 aromatic heterocycles. The molecule has 0 bridgehead atoms. The van der Waals surface area contributed by atoms with Crippen LogP contribution < -0.4 is 71.2 Å². The maximum absolute atomic E-state index is 14.7. The zero-order chi connectivity index (χ0) is 56.7. The van der Waals surface area contributed by atoms with E-state index in [-0.39, 0.29) is 102 Å². The van der Waals surface area contributed by atoms with Gasteiger partial charge in [-0.1, -0.05) is 30.3 Å². The van der Waals surface area contributed by atoms with Gasteiger partial charge < -0.3 is 81.2 Å². The number of amides is 9. The molecule has 27 nitrogen and oxygen atoms in total. The fourth-order valence-electron chi connectivity index (χ4n) is 8.50. The molecule has 1 saturated heterocycles. The van der Waals surface area contributed by atoms with E-state index in [4.69, 9.17) is 28.7 Å². The summed E-state index contributed by atoms with van der Waals surface area (Å²) < 4.78 is 14.2. The van der Waals surface area contributed by atoms with Gasteiger partial charge in [-0.2, -0.15) is 0 Å². The minimum Gasteiger partial charge on any atom is -0.370 e. The van der Waals surface area contributed by atoms with Crippen LogP contribution in [0.3, 0.4) is 0 Å². The molecule has 20 N–H and O–H groups in total. The van der Waals surface area contributed by atoms with Gasteiger partial charge >= 0.3 is 0 Å². The molecule has 0 unspecified atom stereocenters. The number of carbonyl (C=O) groups is 9. The molecule has 4 aromatic rings. The number of hydrogen-bond donors (Lipinski definition) is 15. The fourth-order valence-corrected chi connectivity index (χ4v) is 8.50. The highest BCUT2D eigenvalue weighted by Gasteiger charge is 2.35. The molecule has 1 aliphatic rings. The van der Waals surface area contributed by atoms with Crippen molar-refractivity contribution in [3.8, 4) is 0 Å². The smallest absolute Gasteiger partial charge is 0.243 e. The second-order valence-corrected chi connectivity index (χ2v) is 18.6. The van der Waals surface area contributed by atoms with Crippen LogP contribution in [0.5, 0.6) is 0 Å². The number of nitrogens with two attached hydrogens (primary N) is 5. The number of fused-ring (bicyclic) bond motifs is 1. The first-order valence-electron chi connectivity index (χ1n) is 25.3. The van der Waals surface area contributed by atoms with Gasteiger partial charge in [0, 0.05) is 81.2 Å². The van der Waals surface area contributed by atoms with Crippen molar-refractivity contribution in [1.82, 2.24) is 57.5 Å². The maximum atomic E-state index is 14.7. The number of H-pyrrole nitrogens is 2. The highest BCUT2D eigenvalue weighted by Crippen LogP contribution is 2.20. The number of hydrogen-bond acceptors (Lipinski definition) is 12. The van der Waals surface area contributed by atoms with Gasteiger partial charge in [0.1, 0.15) is 48.1 Å². The molecule has 3 heterocycles. The largest absolute Gasteiger partial charge is 0.370 e. The van der Waals surface area contributed by atoms with E-state index in [2.05, 4.69) is 67.5 Å². The van der Waals surface area contributed by atoms with Crippen LogP contribution in [-0.2, 0) is 62.4 Å². The highest BCUT2D eigenvalue weighted by atomic mass is 19.1. The summed E-state index contributed by atoms with van der Waals surface area (Å²) in [6, 6.07) is 2.39. The molecule has 28 heteroatoms. The number of rotatable bonds is 18. The van der Waals surface area contributed by atoms with E-state index >= 15 is 0 Å². The van der Waals surface area contributed by atoms with E-state index in [0.717, 1.165) is 23.0 Å². The average molecular weight is 1090 g/mol. The van der Waals surface area contributed by atoms with Crippen molar-refractivity contribution in [3.05, 3.63) is 89.9 Å². The number of carbonyl (C=O) groups excluding carboxylic acids is 9. The van der Waals surface area contributed by atoms with E-state index < -0.39 is 101 Å². The number of imidazole rings is 1. The maximum Gasteiger partial charge on any atom is 0.243 e. The molecule has 420 valence electrons. The van der Waals surface area contributed by atoms with Gasteiger partial charge in [0.2, 0.25) is 53.2 Å². The summed E-state index contributed by atoms with van der Waals surface area (Å²) in [6.45, 7) is 1.26. The standard InChI is InChI=1S/C50H69FN18O9/c1-27(70)63-35(9-5-19-59-49(53)54)43(73)65-36-10-4-18-58-41(71)17-16-34(42(52)72)64-47(77)39(22-29-24-61-33-8-3-2-7-32(29)33)68-44(74)37(11-6-20-60-50(55)56)66-46(76)38(21-28-12-14-30(51)15-13-28)67-48(78)40(69-45(36)75)23-31-25-57-26-62-31/h2-3,7-8,12-15,24-26,34-40,61H,4-6,9-11,16-23H2,1H3,(H2,52,72)(H,57,62)(H,58,71)(H,63,70)(H,64,77)(H,65,73)(H,66,76)(H,67,78)(H,68,74)(H,69,75)(H4,53,54,59)(H4,55,56,60)/t34-,35+,36-,37-,38+,39-,40-/m0/s1. The summed E-state index contributed by atoms with van der Waals surface area (Å²) in [5.41, 5.74) is 29.8. The fraction of sp³-hybridized carbons (Fsp3) is 0.440. The van der Waals surface area contributed by atoms with Crippen LogP contribution in [0.25, 0.3) is 10.9 Å². The highest BCUT2D eigenvalue weighted by molar-refractivity contribution is 5.98. The Bertz CT molecular complexity index is 2780. The minimum absolute atomic E-state index is 0.00853. The number of nitrogens with one attached hydrogen (secondary N) is 10. The van der Waals surface area contributed by atoms with Crippen LogP contribution in [0.4, 0.5) is 4.39 Å². The van der Waals surface area contributed by atoms with Gasteiger partial charge in [0.05, 0.1) is 6.33 Å². The lowest BCUT2D eigenvalue weighted by atomic mass is 10.0. The number of benzene rings is 2. The van der Waals surface area contributed by atoms with Crippen molar-refractivity contribution >= 4 is 76.0 Å². The predicted octanol–water partition coefficient (Wildman–Crippen LogP) is -3.25. The summed E-state index contributed by atoms with van der Waals surface area (Å²) in [5.74, 6) is -8.34. The second-order valence-electron chi connectivity index (χ2n) is 18.6. The average Bonchev–Trinajstić information content (AvgIpc) is 4.07. The molecule has 0 aliphatic carbocycles. The number of guanidine groups is 2. The Morgan fingerprint density at radius 3 is 2.00 bits per heavy atom. The summed E-state index contributed by atoms with van der Waals surface area (Å²) in [7, 11) is 0. The van der Waals surface area contributed by atoms with Crippen molar-refractivity contribution in [2.24, 2.45) is 38.7 Å². The predicted molar refractivity (Wildman–Crippen MR) is 284 cm³/mol. The SMILES string of the molecule is CC(=O)N[C@H](CCCN=C(N)N)C(=O)N[C@H]1CCCNC(=O)CC[C@@H](C(N)=O)NC(=O)[C@H](Cc2c[nH]c3ccccc23)NC(=O)[C@H](CCCN=C(N)N)NC(=O)[C@@H](Cc2ccc(F)cc2)NC(=O)[C@H](Cc2cnc[nH]2)NC1=O. The van der Waals surface area contributed by atoms with Crippen molar-refractivity contribution in [2.75, 3.05) is 19.6 Å². The number of aromatic amines is 2. The zero-order valence-corrected chi connectivity index (χ0v) is 43.1. The molecular formula is C50H69FN18O9. The van der Waals surface area contributed by atoms with Crippen LogP contribution in [0, 0.1) is 5.82 Å². The second kappa shape index (κ2) is 29.8. The van der Waals surface area contributed by atoms with E-state index in [1.54, 1.807) is 24.4 Å². The lowest BCUT2D eigenvalue weighted by molar-refractivity contribution is -0.135. The van der Waals surface area contributed by atoms with Gasteiger partial charge in [0.25, 0.3) is 0 Å². The van der Waals surface area contributed by atoms with E-state index in [9.17, 15) is 47.5 Å². The molecular weight excluding hydrogens is 1020 g/mol. The Morgan fingerprint density at radius 1 is 0.731 bits per heavy atom. The molecule has 78 heavy (non-hydrogen) atoms. The minimum atomic E-state index is -1.53. The Kier molecular flexibility index (Phi) is 22.9. The van der Waals surface area contributed by atoms with Crippen molar-refractivity contribution < 1.29 is 47.5 Å². The number of primary amides is 1. The topological polar surface area (TPSA) is 449 Å². The normalized spacial score (nSPS) is 20.7.